The number of hydrogen-bond acceptors (Lipinski definition) is 6. The van der Waals surface area contributed by atoms with Crippen LogP contribution >= 0.6 is 0 Å². The van der Waals surface area contributed by atoms with Gasteiger partial charge in [0.25, 0.3) is 0 Å². The average Bonchev–Trinajstić information content (AvgIpc) is 3.06. The van der Waals surface area contributed by atoms with Gasteiger partial charge in [0, 0.05) is 31.2 Å². The summed E-state index contributed by atoms with van der Waals surface area (Å²) in [5, 5.41) is 10.2. The van der Waals surface area contributed by atoms with E-state index in [0.717, 1.165) is 18.7 Å². The van der Waals surface area contributed by atoms with E-state index in [0.29, 0.717) is 18.1 Å². The van der Waals surface area contributed by atoms with Crippen LogP contribution in [0.4, 0.5) is 5.82 Å². The molecule has 2 heterocycles. The zero-order valence-electron chi connectivity index (χ0n) is 17.9. The van der Waals surface area contributed by atoms with Crippen LogP contribution in [-0.2, 0) is 9.53 Å². The number of morpholine rings is 1. The zero-order chi connectivity index (χ0) is 21.0. The molecule has 1 aliphatic heterocycles. The molecule has 7 heteroatoms. The van der Waals surface area contributed by atoms with Crippen molar-refractivity contribution < 1.29 is 14.1 Å². The molecule has 0 radical (unpaired) electrons. The van der Waals surface area contributed by atoms with Crippen LogP contribution in [0.2, 0.25) is 0 Å². The monoisotopic (exact) mass is 400 g/mol. The number of amides is 1. The van der Waals surface area contributed by atoms with Crippen molar-refractivity contribution >= 4 is 11.7 Å². The Bertz CT molecular complexity index is 795. The first kappa shape index (κ1) is 21.5. The molecule has 1 saturated heterocycles. The smallest absolute Gasteiger partial charge is 0.247 e. The fourth-order valence-electron chi connectivity index (χ4n) is 3.77. The lowest BCUT2D eigenvalue weighted by molar-refractivity contribution is -0.119. The van der Waals surface area contributed by atoms with Crippen LogP contribution in [0.1, 0.15) is 45.1 Å². The standard InChI is InChI=1S/C22H32N4O3/c1-15-11-19(25-29-15)24-21(27)20(18-9-7-6-8-10-18)23-14-22(4,5)26-12-16(2)28-17(3)13-26/h6-11,16-17,20,23H,12-14H2,1-5H3,(H,24,25,27). The van der Waals surface area contributed by atoms with Crippen LogP contribution in [0.5, 0.6) is 0 Å². The first-order valence-electron chi connectivity index (χ1n) is 10.2. The molecule has 0 bridgehead atoms. The van der Waals surface area contributed by atoms with E-state index in [-0.39, 0.29) is 23.7 Å². The molecular weight excluding hydrogens is 368 g/mol. The molecule has 29 heavy (non-hydrogen) atoms. The Morgan fingerprint density at radius 1 is 1.24 bits per heavy atom. The van der Waals surface area contributed by atoms with Crippen molar-refractivity contribution in [2.24, 2.45) is 0 Å². The quantitative estimate of drug-likeness (QED) is 0.743. The number of aromatic nitrogens is 1. The summed E-state index contributed by atoms with van der Waals surface area (Å²) in [5.74, 6) is 0.913. The van der Waals surface area contributed by atoms with Gasteiger partial charge in [-0.2, -0.15) is 0 Å². The van der Waals surface area contributed by atoms with E-state index in [1.807, 2.05) is 30.3 Å². The van der Waals surface area contributed by atoms with Crippen LogP contribution in [0.25, 0.3) is 0 Å². The van der Waals surface area contributed by atoms with E-state index in [2.05, 4.69) is 48.4 Å². The minimum Gasteiger partial charge on any atom is -0.373 e. The highest BCUT2D eigenvalue weighted by molar-refractivity contribution is 5.94. The molecule has 0 spiro atoms. The Balaban J connectivity index is 1.72. The van der Waals surface area contributed by atoms with Gasteiger partial charge in [-0.05, 0) is 40.2 Å². The van der Waals surface area contributed by atoms with Gasteiger partial charge < -0.3 is 19.9 Å². The number of carbonyl (C=O) groups is 1. The van der Waals surface area contributed by atoms with E-state index in [4.69, 9.17) is 9.26 Å². The third-order valence-electron chi connectivity index (χ3n) is 5.29. The van der Waals surface area contributed by atoms with Crippen LogP contribution in [0.3, 0.4) is 0 Å². The second-order valence-electron chi connectivity index (χ2n) is 8.51. The third-order valence-corrected chi connectivity index (χ3v) is 5.29. The SMILES string of the molecule is Cc1cc(NC(=O)C(NCC(C)(C)N2CC(C)OC(C)C2)c2ccccc2)no1. The molecule has 1 aliphatic rings. The number of aryl methyl sites for hydroxylation is 1. The minimum atomic E-state index is -0.497. The van der Waals surface area contributed by atoms with Crippen molar-refractivity contribution in [3.8, 4) is 0 Å². The number of hydrogen-bond donors (Lipinski definition) is 2. The number of carbonyl (C=O) groups excluding carboxylic acids is 1. The molecule has 0 aliphatic carbocycles. The molecule has 158 valence electrons. The number of benzene rings is 1. The molecule has 2 aromatic rings. The Morgan fingerprint density at radius 3 is 2.48 bits per heavy atom. The summed E-state index contributed by atoms with van der Waals surface area (Å²) in [6, 6.07) is 10.9. The lowest BCUT2D eigenvalue weighted by atomic mass is 9.98. The molecule has 2 N–H and O–H groups in total. The van der Waals surface area contributed by atoms with Crippen molar-refractivity contribution in [2.45, 2.75) is 58.4 Å². The van der Waals surface area contributed by atoms with Crippen LogP contribution in [0, 0.1) is 6.92 Å². The Hall–Kier alpha value is -2.22. The van der Waals surface area contributed by atoms with Crippen LogP contribution in [-0.4, -0.2) is 53.3 Å². The summed E-state index contributed by atoms with van der Waals surface area (Å²) in [7, 11) is 0. The highest BCUT2D eigenvalue weighted by atomic mass is 16.5. The predicted octanol–water partition coefficient (Wildman–Crippen LogP) is 3.14. The number of nitrogens with zero attached hydrogens (tertiary/aromatic N) is 2. The lowest BCUT2D eigenvalue weighted by Gasteiger charge is -2.45. The Labute approximate surface area is 172 Å². The average molecular weight is 401 g/mol. The number of anilines is 1. The highest BCUT2D eigenvalue weighted by Gasteiger charge is 2.34. The van der Waals surface area contributed by atoms with Crippen LogP contribution in [0.15, 0.2) is 40.9 Å². The Morgan fingerprint density at radius 2 is 1.90 bits per heavy atom. The fourth-order valence-corrected chi connectivity index (χ4v) is 3.77. The second-order valence-corrected chi connectivity index (χ2v) is 8.51. The molecule has 1 amide bonds. The number of nitrogens with one attached hydrogen (secondary N) is 2. The molecule has 1 aromatic carbocycles. The summed E-state index contributed by atoms with van der Waals surface area (Å²) in [4.78, 5) is 15.5. The lowest BCUT2D eigenvalue weighted by Crippen LogP contribution is -2.58. The number of rotatable bonds is 7. The summed E-state index contributed by atoms with van der Waals surface area (Å²) < 4.78 is 10.9. The first-order chi connectivity index (χ1) is 13.7. The predicted molar refractivity (Wildman–Crippen MR) is 113 cm³/mol. The van der Waals surface area contributed by atoms with Gasteiger partial charge in [0.2, 0.25) is 5.91 Å². The summed E-state index contributed by atoms with van der Waals surface area (Å²) in [6.07, 6.45) is 0.392. The normalized spacial score (nSPS) is 21.7. The van der Waals surface area contributed by atoms with E-state index in [1.165, 1.54) is 0 Å². The third kappa shape index (κ3) is 5.65. The summed E-state index contributed by atoms with van der Waals surface area (Å²) in [5.41, 5.74) is 0.772. The largest absolute Gasteiger partial charge is 0.373 e. The maximum absolute atomic E-state index is 13.0. The maximum atomic E-state index is 13.0. The van der Waals surface area contributed by atoms with Gasteiger partial charge in [-0.15, -0.1) is 0 Å². The van der Waals surface area contributed by atoms with Crippen molar-refractivity contribution in [1.82, 2.24) is 15.4 Å². The van der Waals surface area contributed by atoms with E-state index < -0.39 is 6.04 Å². The number of ether oxygens (including phenoxy) is 1. The van der Waals surface area contributed by atoms with E-state index in [1.54, 1.807) is 13.0 Å². The second kappa shape index (κ2) is 9.07. The van der Waals surface area contributed by atoms with Gasteiger partial charge in [-0.1, -0.05) is 35.5 Å². The zero-order valence-corrected chi connectivity index (χ0v) is 17.9. The van der Waals surface area contributed by atoms with Gasteiger partial charge in [0.15, 0.2) is 5.82 Å². The van der Waals surface area contributed by atoms with Gasteiger partial charge in [0.1, 0.15) is 11.8 Å². The summed E-state index contributed by atoms with van der Waals surface area (Å²) in [6.45, 7) is 12.8. The van der Waals surface area contributed by atoms with Crippen molar-refractivity contribution in [2.75, 3.05) is 25.0 Å². The molecule has 3 atom stereocenters. The van der Waals surface area contributed by atoms with Gasteiger partial charge in [0.05, 0.1) is 12.2 Å². The first-order valence-corrected chi connectivity index (χ1v) is 10.2. The van der Waals surface area contributed by atoms with Crippen molar-refractivity contribution in [3.63, 3.8) is 0 Å². The van der Waals surface area contributed by atoms with Crippen LogP contribution < -0.4 is 10.6 Å². The molecule has 0 saturated carbocycles. The maximum Gasteiger partial charge on any atom is 0.247 e. The van der Waals surface area contributed by atoms with Crippen molar-refractivity contribution in [1.29, 1.82) is 0 Å². The highest BCUT2D eigenvalue weighted by Crippen LogP contribution is 2.23. The molecule has 1 fully saturated rings. The van der Waals surface area contributed by atoms with E-state index in [9.17, 15) is 4.79 Å². The molecule has 1 aromatic heterocycles. The minimum absolute atomic E-state index is 0.135. The van der Waals surface area contributed by atoms with Gasteiger partial charge >= 0.3 is 0 Å². The van der Waals surface area contributed by atoms with E-state index >= 15 is 0 Å². The molecule has 3 unspecified atom stereocenters. The summed E-state index contributed by atoms with van der Waals surface area (Å²) >= 11 is 0. The Kier molecular flexibility index (Phi) is 6.72. The molecular formula is C22H32N4O3. The van der Waals surface area contributed by atoms with Gasteiger partial charge in [-0.25, -0.2) is 0 Å². The van der Waals surface area contributed by atoms with Crippen molar-refractivity contribution in [3.05, 3.63) is 47.7 Å². The molecule has 7 nitrogen and oxygen atoms in total. The fraction of sp³-hybridized carbons (Fsp3) is 0.545. The molecule has 3 rings (SSSR count). The van der Waals surface area contributed by atoms with Gasteiger partial charge in [-0.3, -0.25) is 9.69 Å². The topological polar surface area (TPSA) is 79.6 Å².